The predicted molar refractivity (Wildman–Crippen MR) is 44.6 cm³/mol. The van der Waals surface area contributed by atoms with Gasteiger partial charge in [0, 0.05) is 5.56 Å². The summed E-state index contributed by atoms with van der Waals surface area (Å²) in [6, 6.07) is 3.15. The molecule has 0 heterocycles. The van der Waals surface area contributed by atoms with E-state index in [1.165, 1.54) is 6.07 Å². The maximum absolute atomic E-state index is 9.22. The lowest BCUT2D eigenvalue weighted by atomic mass is 10.1. The lowest BCUT2D eigenvalue weighted by molar-refractivity contribution is 0.401. The van der Waals surface area contributed by atoms with Gasteiger partial charge in [-0.1, -0.05) is 18.7 Å². The third kappa shape index (κ3) is 1.19. The van der Waals surface area contributed by atoms with Gasteiger partial charge in [-0.15, -0.1) is 0 Å². The molecule has 0 bridgehead atoms. The van der Waals surface area contributed by atoms with Gasteiger partial charge in [0.05, 0.1) is 0 Å². The lowest BCUT2D eigenvalue weighted by Gasteiger charge is -2.03. The fraction of sp³-hybridized carbons (Fsp3) is 0.111. The summed E-state index contributed by atoms with van der Waals surface area (Å²) < 4.78 is 0. The Kier molecular flexibility index (Phi) is 1.85. The highest BCUT2D eigenvalue weighted by Crippen LogP contribution is 2.30. The van der Waals surface area contributed by atoms with Crippen LogP contribution in [0.2, 0.25) is 0 Å². The zero-order valence-electron chi connectivity index (χ0n) is 6.33. The van der Waals surface area contributed by atoms with E-state index in [9.17, 15) is 5.11 Å². The molecule has 0 aliphatic rings. The Balaban J connectivity index is 3.36. The quantitative estimate of drug-likeness (QED) is 0.601. The molecular weight excluding hydrogens is 140 g/mol. The van der Waals surface area contributed by atoms with Crippen LogP contribution in [0.1, 0.15) is 11.1 Å². The van der Waals surface area contributed by atoms with Gasteiger partial charge in [-0.25, -0.2) is 0 Å². The third-order valence-electron chi connectivity index (χ3n) is 1.67. The molecule has 1 rings (SSSR count). The van der Waals surface area contributed by atoms with Gasteiger partial charge in [-0.2, -0.15) is 0 Å². The molecule has 1 aromatic rings. The van der Waals surface area contributed by atoms with E-state index in [-0.39, 0.29) is 11.5 Å². The van der Waals surface area contributed by atoms with Crippen LogP contribution in [0.25, 0.3) is 6.08 Å². The Morgan fingerprint density at radius 1 is 1.36 bits per heavy atom. The van der Waals surface area contributed by atoms with Crippen molar-refractivity contribution >= 4 is 6.08 Å². The molecule has 2 heteroatoms. The highest BCUT2D eigenvalue weighted by molar-refractivity contribution is 5.59. The molecule has 0 saturated carbocycles. The highest BCUT2D eigenvalue weighted by atomic mass is 16.3. The van der Waals surface area contributed by atoms with Gasteiger partial charge in [-0.3, -0.25) is 0 Å². The van der Waals surface area contributed by atoms with Crippen molar-refractivity contribution in [1.82, 2.24) is 0 Å². The van der Waals surface area contributed by atoms with E-state index < -0.39 is 0 Å². The number of phenolic OH excluding ortho intramolecular Hbond substituents is 2. The molecule has 0 fully saturated rings. The van der Waals surface area contributed by atoms with Gasteiger partial charge < -0.3 is 10.2 Å². The minimum absolute atomic E-state index is 0.0672. The van der Waals surface area contributed by atoms with E-state index in [2.05, 4.69) is 6.58 Å². The van der Waals surface area contributed by atoms with Crippen LogP contribution in [0, 0.1) is 6.92 Å². The summed E-state index contributed by atoms with van der Waals surface area (Å²) in [4.78, 5) is 0. The second-order valence-corrected chi connectivity index (χ2v) is 2.35. The summed E-state index contributed by atoms with van der Waals surface area (Å²) in [6.45, 7) is 5.30. The molecule has 1 aromatic carbocycles. The fourth-order valence-electron chi connectivity index (χ4n) is 0.923. The first-order valence-corrected chi connectivity index (χ1v) is 3.30. The first-order valence-electron chi connectivity index (χ1n) is 3.30. The van der Waals surface area contributed by atoms with Gasteiger partial charge in [0.25, 0.3) is 0 Å². The summed E-state index contributed by atoms with van der Waals surface area (Å²) in [7, 11) is 0. The molecule has 58 valence electrons. The summed E-state index contributed by atoms with van der Waals surface area (Å²) >= 11 is 0. The Hall–Kier alpha value is -1.44. The van der Waals surface area contributed by atoms with Crippen molar-refractivity contribution in [2.24, 2.45) is 0 Å². The van der Waals surface area contributed by atoms with Crippen LogP contribution in [0.15, 0.2) is 18.7 Å². The largest absolute Gasteiger partial charge is 0.504 e. The number of hydrogen-bond donors (Lipinski definition) is 2. The summed E-state index contributed by atoms with van der Waals surface area (Å²) in [5, 5.41) is 18.3. The minimum Gasteiger partial charge on any atom is -0.504 e. The molecule has 0 aliphatic carbocycles. The molecule has 2 nitrogen and oxygen atoms in total. The van der Waals surface area contributed by atoms with Crippen LogP contribution in [0.3, 0.4) is 0 Å². The van der Waals surface area contributed by atoms with Crippen LogP contribution in [0.5, 0.6) is 11.5 Å². The molecule has 11 heavy (non-hydrogen) atoms. The number of benzene rings is 1. The zero-order valence-corrected chi connectivity index (χ0v) is 6.33. The summed E-state index contributed by atoms with van der Waals surface area (Å²) in [5.41, 5.74) is 1.49. The van der Waals surface area contributed by atoms with Crippen molar-refractivity contribution in [2.45, 2.75) is 6.92 Å². The monoisotopic (exact) mass is 150 g/mol. The first kappa shape index (κ1) is 7.66. The summed E-state index contributed by atoms with van der Waals surface area (Å²) in [6.07, 6.45) is 1.63. The Labute approximate surface area is 65.4 Å². The fourth-order valence-corrected chi connectivity index (χ4v) is 0.923. The average molecular weight is 150 g/mol. The predicted octanol–water partition coefficient (Wildman–Crippen LogP) is 2.05. The summed E-state index contributed by atoms with van der Waals surface area (Å²) in [5.74, 6) is -0.157. The second-order valence-electron chi connectivity index (χ2n) is 2.35. The van der Waals surface area contributed by atoms with E-state index >= 15 is 0 Å². The van der Waals surface area contributed by atoms with E-state index in [0.29, 0.717) is 5.56 Å². The SMILES string of the molecule is C=Cc1ccc(O)c(O)c1C. The van der Waals surface area contributed by atoms with E-state index in [1.807, 2.05) is 0 Å². The number of aromatic hydroxyl groups is 2. The molecule has 2 N–H and O–H groups in total. The smallest absolute Gasteiger partial charge is 0.160 e. The number of hydrogen-bond acceptors (Lipinski definition) is 2. The molecule has 0 aromatic heterocycles. The molecule has 0 saturated heterocycles. The van der Waals surface area contributed by atoms with Gasteiger partial charge >= 0.3 is 0 Å². The highest BCUT2D eigenvalue weighted by Gasteiger charge is 2.04. The Morgan fingerprint density at radius 2 is 2.00 bits per heavy atom. The third-order valence-corrected chi connectivity index (χ3v) is 1.67. The Morgan fingerprint density at radius 3 is 2.55 bits per heavy atom. The minimum atomic E-state index is -0.0897. The second kappa shape index (κ2) is 2.66. The van der Waals surface area contributed by atoms with Crippen molar-refractivity contribution in [3.63, 3.8) is 0 Å². The lowest BCUT2D eigenvalue weighted by Crippen LogP contribution is -1.80. The molecule has 0 aliphatic heterocycles. The molecule has 0 amide bonds. The van der Waals surface area contributed by atoms with Crippen LogP contribution >= 0.6 is 0 Å². The van der Waals surface area contributed by atoms with E-state index in [0.717, 1.165) is 5.56 Å². The van der Waals surface area contributed by atoms with Crippen molar-refractivity contribution < 1.29 is 10.2 Å². The van der Waals surface area contributed by atoms with Crippen LogP contribution in [0.4, 0.5) is 0 Å². The number of phenols is 2. The van der Waals surface area contributed by atoms with Gasteiger partial charge in [0.15, 0.2) is 11.5 Å². The molecular formula is C9H10O2. The maximum Gasteiger partial charge on any atom is 0.160 e. The average Bonchev–Trinajstić information content (AvgIpc) is 2.01. The van der Waals surface area contributed by atoms with Crippen molar-refractivity contribution in [3.8, 4) is 11.5 Å². The molecule has 0 radical (unpaired) electrons. The van der Waals surface area contributed by atoms with Crippen molar-refractivity contribution in [1.29, 1.82) is 0 Å². The maximum atomic E-state index is 9.22. The van der Waals surface area contributed by atoms with E-state index in [4.69, 9.17) is 5.11 Å². The standard InChI is InChI=1S/C9H10O2/c1-3-7-4-5-8(10)9(11)6(7)2/h3-5,10-11H,1H2,2H3. The number of rotatable bonds is 1. The molecule has 0 atom stereocenters. The van der Waals surface area contributed by atoms with Crippen LogP contribution in [-0.2, 0) is 0 Å². The normalized spacial score (nSPS) is 9.55. The van der Waals surface area contributed by atoms with Gasteiger partial charge in [0.2, 0.25) is 0 Å². The van der Waals surface area contributed by atoms with Crippen LogP contribution < -0.4 is 0 Å². The van der Waals surface area contributed by atoms with E-state index in [1.54, 1.807) is 19.1 Å². The van der Waals surface area contributed by atoms with Crippen molar-refractivity contribution in [3.05, 3.63) is 29.8 Å². The topological polar surface area (TPSA) is 40.5 Å². The Bertz CT molecular complexity index is 290. The van der Waals surface area contributed by atoms with Crippen LogP contribution in [-0.4, -0.2) is 10.2 Å². The van der Waals surface area contributed by atoms with Crippen molar-refractivity contribution in [2.75, 3.05) is 0 Å². The molecule has 0 unspecified atom stereocenters. The van der Waals surface area contributed by atoms with Gasteiger partial charge in [0.1, 0.15) is 0 Å². The molecule has 0 spiro atoms. The van der Waals surface area contributed by atoms with Gasteiger partial charge in [-0.05, 0) is 18.6 Å². The zero-order chi connectivity index (χ0) is 8.43. The first-order chi connectivity index (χ1) is 5.16.